The SMILES string of the molecule is CCCn1c(CN2CCN(CC3CCCCC3)CC2)nc2cc(S(=O)(=O)N(C)C)ccc21. The van der Waals surface area contributed by atoms with Crippen LogP contribution in [-0.4, -0.2) is 78.9 Å². The van der Waals surface area contributed by atoms with Crippen molar-refractivity contribution in [3.05, 3.63) is 24.0 Å². The number of aromatic nitrogens is 2. The summed E-state index contributed by atoms with van der Waals surface area (Å²) in [6.07, 6.45) is 8.09. The van der Waals surface area contributed by atoms with Crippen molar-refractivity contribution in [2.75, 3.05) is 46.8 Å². The summed E-state index contributed by atoms with van der Waals surface area (Å²) in [5.74, 6) is 1.94. The molecule has 178 valence electrons. The summed E-state index contributed by atoms with van der Waals surface area (Å²) in [6, 6.07) is 5.35. The maximum atomic E-state index is 12.6. The topological polar surface area (TPSA) is 61.7 Å². The number of sulfonamides is 1. The number of piperazine rings is 1. The fraction of sp³-hybridized carbons (Fsp3) is 0.708. The molecular formula is C24H39N5O2S. The first kappa shape index (κ1) is 23.7. The van der Waals surface area contributed by atoms with Crippen LogP contribution in [-0.2, 0) is 23.1 Å². The van der Waals surface area contributed by atoms with Gasteiger partial charge in [-0.2, -0.15) is 0 Å². The molecule has 4 rings (SSSR count). The van der Waals surface area contributed by atoms with Gasteiger partial charge in [0, 0.05) is 53.4 Å². The Morgan fingerprint density at radius 3 is 2.38 bits per heavy atom. The molecule has 0 amide bonds. The first-order valence-electron chi connectivity index (χ1n) is 12.2. The van der Waals surface area contributed by atoms with E-state index in [1.54, 1.807) is 26.2 Å². The van der Waals surface area contributed by atoms with Crippen LogP contribution < -0.4 is 0 Å². The summed E-state index contributed by atoms with van der Waals surface area (Å²) in [5, 5.41) is 0. The largest absolute Gasteiger partial charge is 0.327 e. The van der Waals surface area contributed by atoms with Crippen LogP contribution in [0.3, 0.4) is 0 Å². The van der Waals surface area contributed by atoms with Crippen LogP contribution in [0.4, 0.5) is 0 Å². The fourth-order valence-corrected chi connectivity index (χ4v) is 6.11. The van der Waals surface area contributed by atoms with E-state index in [4.69, 9.17) is 4.98 Å². The minimum atomic E-state index is -3.46. The molecular weight excluding hydrogens is 422 g/mol. The Labute approximate surface area is 193 Å². The lowest BCUT2D eigenvalue weighted by Gasteiger charge is -2.37. The summed E-state index contributed by atoms with van der Waals surface area (Å²) < 4.78 is 28.7. The van der Waals surface area contributed by atoms with E-state index in [9.17, 15) is 8.42 Å². The van der Waals surface area contributed by atoms with Gasteiger partial charge in [0.05, 0.1) is 22.5 Å². The molecule has 2 aromatic rings. The van der Waals surface area contributed by atoms with Gasteiger partial charge in [0.25, 0.3) is 0 Å². The van der Waals surface area contributed by atoms with E-state index in [-0.39, 0.29) is 0 Å². The molecule has 0 atom stereocenters. The Bertz CT molecular complexity index is 1000. The average Bonchev–Trinajstić information content (AvgIpc) is 3.12. The number of nitrogens with zero attached hydrogens (tertiary/aromatic N) is 5. The Hall–Kier alpha value is -1.48. The molecule has 0 bridgehead atoms. The molecule has 32 heavy (non-hydrogen) atoms. The highest BCUT2D eigenvalue weighted by Gasteiger charge is 2.24. The van der Waals surface area contributed by atoms with E-state index in [0.29, 0.717) is 4.90 Å². The molecule has 1 aromatic heterocycles. The summed E-state index contributed by atoms with van der Waals surface area (Å²) >= 11 is 0. The molecule has 1 aliphatic heterocycles. The number of benzene rings is 1. The molecule has 1 saturated heterocycles. The molecule has 0 spiro atoms. The number of hydrogen-bond acceptors (Lipinski definition) is 5. The van der Waals surface area contributed by atoms with Crippen molar-refractivity contribution in [2.45, 2.75) is 63.4 Å². The van der Waals surface area contributed by atoms with Gasteiger partial charge in [0.15, 0.2) is 0 Å². The molecule has 2 aliphatic rings. The van der Waals surface area contributed by atoms with Crippen molar-refractivity contribution in [1.82, 2.24) is 23.7 Å². The van der Waals surface area contributed by atoms with Gasteiger partial charge in [0.1, 0.15) is 5.82 Å². The lowest BCUT2D eigenvalue weighted by Crippen LogP contribution is -2.47. The van der Waals surface area contributed by atoms with Gasteiger partial charge in [-0.25, -0.2) is 17.7 Å². The van der Waals surface area contributed by atoms with Crippen LogP contribution in [0.1, 0.15) is 51.3 Å². The molecule has 0 unspecified atom stereocenters. The molecule has 1 saturated carbocycles. The van der Waals surface area contributed by atoms with Gasteiger partial charge < -0.3 is 9.47 Å². The summed E-state index contributed by atoms with van der Waals surface area (Å²) in [7, 11) is -0.334. The minimum Gasteiger partial charge on any atom is -0.327 e. The highest BCUT2D eigenvalue weighted by atomic mass is 32.2. The van der Waals surface area contributed by atoms with Crippen LogP contribution in [0, 0.1) is 5.92 Å². The van der Waals surface area contributed by atoms with Crippen LogP contribution in [0.25, 0.3) is 11.0 Å². The van der Waals surface area contributed by atoms with Crippen molar-refractivity contribution >= 4 is 21.1 Å². The highest BCUT2D eigenvalue weighted by Crippen LogP contribution is 2.26. The van der Waals surface area contributed by atoms with E-state index >= 15 is 0 Å². The maximum Gasteiger partial charge on any atom is 0.242 e. The summed E-state index contributed by atoms with van der Waals surface area (Å²) in [4.78, 5) is 10.4. The van der Waals surface area contributed by atoms with Gasteiger partial charge in [-0.3, -0.25) is 4.90 Å². The zero-order chi connectivity index (χ0) is 22.7. The van der Waals surface area contributed by atoms with Crippen molar-refractivity contribution in [3.8, 4) is 0 Å². The number of rotatable bonds is 8. The van der Waals surface area contributed by atoms with Crippen LogP contribution in [0.5, 0.6) is 0 Å². The minimum absolute atomic E-state index is 0.305. The lowest BCUT2D eigenvalue weighted by molar-refractivity contribution is 0.103. The predicted octanol–water partition coefficient (Wildman–Crippen LogP) is 3.39. The average molecular weight is 462 g/mol. The Morgan fingerprint density at radius 2 is 1.72 bits per heavy atom. The second-order valence-electron chi connectivity index (χ2n) is 9.70. The molecule has 8 heteroatoms. The second kappa shape index (κ2) is 10.2. The Morgan fingerprint density at radius 1 is 1.03 bits per heavy atom. The Kier molecular flexibility index (Phi) is 7.54. The van der Waals surface area contributed by atoms with E-state index < -0.39 is 10.0 Å². The van der Waals surface area contributed by atoms with Gasteiger partial charge in [-0.15, -0.1) is 0 Å². The molecule has 2 heterocycles. The van der Waals surface area contributed by atoms with Gasteiger partial charge in [0.2, 0.25) is 10.0 Å². The van der Waals surface area contributed by atoms with Crippen molar-refractivity contribution in [1.29, 1.82) is 0 Å². The molecule has 7 nitrogen and oxygen atoms in total. The third-order valence-electron chi connectivity index (χ3n) is 7.10. The van der Waals surface area contributed by atoms with Gasteiger partial charge in [-0.05, 0) is 43.4 Å². The van der Waals surface area contributed by atoms with Crippen molar-refractivity contribution < 1.29 is 8.42 Å². The number of imidazole rings is 1. The van der Waals surface area contributed by atoms with E-state index in [0.717, 1.165) is 68.5 Å². The molecule has 1 aliphatic carbocycles. The zero-order valence-electron chi connectivity index (χ0n) is 20.0. The number of fused-ring (bicyclic) bond motifs is 1. The quantitative estimate of drug-likeness (QED) is 0.603. The first-order chi connectivity index (χ1) is 15.4. The molecule has 0 radical (unpaired) electrons. The standard InChI is InChI=1S/C24H39N5O2S/c1-4-12-29-23-11-10-21(32(30,31)26(2)3)17-22(23)25-24(29)19-28-15-13-27(14-16-28)18-20-8-6-5-7-9-20/h10-11,17,20H,4-9,12-16,18-19H2,1-3H3. The van der Waals surface area contributed by atoms with E-state index in [1.165, 1.54) is 43.0 Å². The smallest absolute Gasteiger partial charge is 0.242 e. The first-order valence-corrected chi connectivity index (χ1v) is 13.7. The van der Waals surface area contributed by atoms with Crippen LogP contribution >= 0.6 is 0 Å². The van der Waals surface area contributed by atoms with Crippen molar-refractivity contribution in [2.24, 2.45) is 5.92 Å². The maximum absolute atomic E-state index is 12.6. The normalized spacial score (nSPS) is 19.9. The lowest BCUT2D eigenvalue weighted by atomic mass is 9.89. The third-order valence-corrected chi connectivity index (χ3v) is 8.91. The van der Waals surface area contributed by atoms with Crippen LogP contribution in [0.2, 0.25) is 0 Å². The highest BCUT2D eigenvalue weighted by molar-refractivity contribution is 7.89. The molecule has 2 fully saturated rings. The van der Waals surface area contributed by atoms with Crippen LogP contribution in [0.15, 0.2) is 23.1 Å². The number of aryl methyl sites for hydroxylation is 1. The second-order valence-corrected chi connectivity index (χ2v) is 11.9. The predicted molar refractivity (Wildman–Crippen MR) is 129 cm³/mol. The summed E-state index contributed by atoms with van der Waals surface area (Å²) in [5.41, 5.74) is 1.79. The fourth-order valence-electron chi connectivity index (χ4n) is 5.19. The third kappa shape index (κ3) is 5.19. The Balaban J connectivity index is 1.46. The van der Waals surface area contributed by atoms with Gasteiger partial charge in [-0.1, -0.05) is 26.2 Å². The monoisotopic (exact) mass is 461 g/mol. The number of hydrogen-bond donors (Lipinski definition) is 0. The zero-order valence-corrected chi connectivity index (χ0v) is 20.8. The molecule has 0 N–H and O–H groups in total. The van der Waals surface area contributed by atoms with E-state index in [1.807, 2.05) is 6.07 Å². The summed E-state index contributed by atoms with van der Waals surface area (Å²) in [6.45, 7) is 9.57. The van der Waals surface area contributed by atoms with Gasteiger partial charge >= 0.3 is 0 Å². The van der Waals surface area contributed by atoms with E-state index in [2.05, 4.69) is 21.3 Å². The van der Waals surface area contributed by atoms with Crippen molar-refractivity contribution in [3.63, 3.8) is 0 Å². The molecule has 1 aromatic carbocycles.